The highest BCUT2D eigenvalue weighted by Gasteiger charge is 2.07. The molecule has 1 aromatic heterocycles. The van der Waals surface area contributed by atoms with Crippen molar-refractivity contribution >= 4 is 22.5 Å². The Bertz CT molecular complexity index is 728. The molecule has 0 unspecified atom stereocenters. The lowest BCUT2D eigenvalue weighted by atomic mass is 10.0. The Hall–Kier alpha value is -2.13. The first kappa shape index (κ1) is 11.0. The maximum Gasteiger partial charge on any atom is 0.117 e. The van der Waals surface area contributed by atoms with Crippen LogP contribution in [0.25, 0.3) is 22.0 Å². The molecule has 0 spiro atoms. The summed E-state index contributed by atoms with van der Waals surface area (Å²) in [7, 11) is 0. The lowest BCUT2D eigenvalue weighted by Gasteiger charge is -2.07. The molecule has 3 aromatic rings. The molecule has 1 heterocycles. The van der Waals surface area contributed by atoms with Crippen LogP contribution < -0.4 is 0 Å². The summed E-state index contributed by atoms with van der Waals surface area (Å²) in [6.07, 6.45) is 3.17. The van der Waals surface area contributed by atoms with E-state index in [1.54, 1.807) is 18.3 Å². The van der Waals surface area contributed by atoms with Crippen LogP contribution in [0.3, 0.4) is 0 Å². The van der Waals surface area contributed by atoms with Crippen molar-refractivity contribution in [2.45, 2.75) is 0 Å². The smallest absolute Gasteiger partial charge is 0.117 e. The molecule has 88 valence electrons. The van der Waals surface area contributed by atoms with Crippen LogP contribution in [0.15, 0.2) is 48.9 Å². The van der Waals surface area contributed by atoms with Crippen molar-refractivity contribution in [2.75, 3.05) is 0 Å². The van der Waals surface area contributed by atoms with Gasteiger partial charge in [-0.15, -0.1) is 0 Å². The van der Waals surface area contributed by atoms with Crippen LogP contribution in [0.5, 0.6) is 5.75 Å². The van der Waals surface area contributed by atoms with Gasteiger partial charge in [-0.25, -0.2) is 9.97 Å². The molecule has 0 bridgehead atoms. The number of hydrogen-bond acceptors (Lipinski definition) is 3. The van der Waals surface area contributed by atoms with Gasteiger partial charge in [-0.3, -0.25) is 0 Å². The van der Waals surface area contributed by atoms with E-state index in [0.717, 1.165) is 22.0 Å². The molecule has 0 atom stereocenters. The maximum absolute atomic E-state index is 9.75. The molecule has 0 saturated carbocycles. The fourth-order valence-corrected chi connectivity index (χ4v) is 2.15. The Kier molecular flexibility index (Phi) is 2.61. The minimum atomic E-state index is 0.187. The number of rotatable bonds is 1. The molecule has 1 N–H and O–H groups in total. The van der Waals surface area contributed by atoms with Gasteiger partial charge in [0.15, 0.2) is 0 Å². The van der Waals surface area contributed by atoms with Gasteiger partial charge in [0.1, 0.15) is 12.1 Å². The number of aromatic nitrogens is 2. The Morgan fingerprint density at radius 3 is 2.83 bits per heavy atom. The van der Waals surface area contributed by atoms with Gasteiger partial charge in [0.25, 0.3) is 0 Å². The van der Waals surface area contributed by atoms with E-state index in [2.05, 4.69) is 9.97 Å². The molecule has 3 rings (SSSR count). The zero-order valence-corrected chi connectivity index (χ0v) is 10.1. The number of halogens is 1. The summed E-state index contributed by atoms with van der Waals surface area (Å²) in [5, 5.41) is 11.2. The van der Waals surface area contributed by atoms with E-state index in [0.29, 0.717) is 5.02 Å². The third-order valence-electron chi connectivity index (χ3n) is 2.73. The Morgan fingerprint density at radius 2 is 2.00 bits per heavy atom. The van der Waals surface area contributed by atoms with Gasteiger partial charge in [-0.05, 0) is 29.8 Å². The number of fused-ring (bicyclic) bond motifs is 1. The van der Waals surface area contributed by atoms with Crippen molar-refractivity contribution in [1.29, 1.82) is 0 Å². The van der Waals surface area contributed by atoms with Crippen LogP contribution in [-0.4, -0.2) is 15.1 Å². The molecule has 2 aromatic carbocycles. The lowest BCUT2D eigenvalue weighted by Crippen LogP contribution is -1.86. The first-order valence-corrected chi connectivity index (χ1v) is 5.80. The number of phenols is 1. The summed E-state index contributed by atoms with van der Waals surface area (Å²) in [4.78, 5) is 8.22. The standard InChI is InChI=1S/C14H9ClN2O/c15-11-3-1-2-9(4-11)13-6-12(18)5-10-7-16-8-17-14(10)13/h1-8,18H. The summed E-state index contributed by atoms with van der Waals surface area (Å²) >= 11 is 5.99. The maximum atomic E-state index is 9.75. The molecule has 0 aliphatic heterocycles. The van der Waals surface area contributed by atoms with Crippen molar-refractivity contribution in [3.05, 3.63) is 53.9 Å². The molecule has 4 heteroatoms. The average molecular weight is 257 g/mol. The number of benzene rings is 2. The molecular weight excluding hydrogens is 248 g/mol. The van der Waals surface area contributed by atoms with E-state index >= 15 is 0 Å². The number of hydrogen-bond donors (Lipinski definition) is 1. The van der Waals surface area contributed by atoms with Crippen molar-refractivity contribution in [2.24, 2.45) is 0 Å². The Balaban J connectivity index is 2.34. The highest BCUT2D eigenvalue weighted by atomic mass is 35.5. The molecule has 0 aliphatic carbocycles. The van der Waals surface area contributed by atoms with E-state index in [4.69, 9.17) is 11.6 Å². The number of phenolic OH excluding ortho intramolecular Hbond substituents is 1. The van der Waals surface area contributed by atoms with Gasteiger partial charge in [-0.1, -0.05) is 23.7 Å². The molecule has 18 heavy (non-hydrogen) atoms. The van der Waals surface area contributed by atoms with E-state index in [9.17, 15) is 5.11 Å². The fourth-order valence-electron chi connectivity index (χ4n) is 1.96. The molecule has 0 radical (unpaired) electrons. The second kappa shape index (κ2) is 4.27. The van der Waals surface area contributed by atoms with Crippen LogP contribution in [-0.2, 0) is 0 Å². The summed E-state index contributed by atoms with van der Waals surface area (Å²) in [5.74, 6) is 0.187. The first-order valence-electron chi connectivity index (χ1n) is 5.43. The van der Waals surface area contributed by atoms with Gasteiger partial charge < -0.3 is 5.11 Å². The third kappa shape index (κ3) is 1.89. The normalized spacial score (nSPS) is 10.7. The van der Waals surface area contributed by atoms with Crippen LogP contribution in [0.4, 0.5) is 0 Å². The van der Waals surface area contributed by atoms with Gasteiger partial charge >= 0.3 is 0 Å². The Morgan fingerprint density at radius 1 is 1.11 bits per heavy atom. The van der Waals surface area contributed by atoms with Crippen molar-refractivity contribution in [1.82, 2.24) is 9.97 Å². The predicted molar refractivity (Wildman–Crippen MR) is 71.6 cm³/mol. The minimum Gasteiger partial charge on any atom is -0.508 e. The molecule has 0 fully saturated rings. The van der Waals surface area contributed by atoms with Gasteiger partial charge in [-0.2, -0.15) is 0 Å². The van der Waals surface area contributed by atoms with Crippen molar-refractivity contribution in [3.63, 3.8) is 0 Å². The van der Waals surface area contributed by atoms with Crippen molar-refractivity contribution in [3.8, 4) is 16.9 Å². The second-order valence-corrected chi connectivity index (χ2v) is 4.40. The highest BCUT2D eigenvalue weighted by Crippen LogP contribution is 2.31. The number of aromatic hydroxyl groups is 1. The Labute approximate surface area is 109 Å². The van der Waals surface area contributed by atoms with Gasteiger partial charge in [0, 0.05) is 22.2 Å². The molecule has 3 nitrogen and oxygen atoms in total. The SMILES string of the molecule is Oc1cc(-c2cccc(Cl)c2)c2ncncc2c1. The molecule has 0 amide bonds. The monoisotopic (exact) mass is 256 g/mol. The quantitative estimate of drug-likeness (QED) is 0.723. The highest BCUT2D eigenvalue weighted by molar-refractivity contribution is 6.30. The predicted octanol–water partition coefficient (Wildman–Crippen LogP) is 3.66. The van der Waals surface area contributed by atoms with Crippen LogP contribution in [0.1, 0.15) is 0 Å². The summed E-state index contributed by atoms with van der Waals surface area (Å²) in [6, 6.07) is 10.8. The average Bonchev–Trinajstić information content (AvgIpc) is 2.37. The minimum absolute atomic E-state index is 0.187. The van der Waals surface area contributed by atoms with Crippen LogP contribution in [0.2, 0.25) is 5.02 Å². The van der Waals surface area contributed by atoms with Gasteiger partial charge in [0.2, 0.25) is 0 Å². The first-order chi connectivity index (χ1) is 8.74. The molecular formula is C14H9ClN2O. The summed E-state index contributed by atoms with van der Waals surface area (Å²) < 4.78 is 0. The summed E-state index contributed by atoms with van der Waals surface area (Å²) in [6.45, 7) is 0. The zero-order chi connectivity index (χ0) is 12.5. The fraction of sp³-hybridized carbons (Fsp3) is 0. The topological polar surface area (TPSA) is 46.0 Å². The second-order valence-electron chi connectivity index (χ2n) is 3.96. The third-order valence-corrected chi connectivity index (χ3v) is 2.96. The van der Waals surface area contributed by atoms with Crippen LogP contribution in [0, 0.1) is 0 Å². The van der Waals surface area contributed by atoms with Gasteiger partial charge in [0.05, 0.1) is 5.52 Å². The molecule has 0 aliphatic rings. The van der Waals surface area contributed by atoms with Crippen LogP contribution >= 0.6 is 11.6 Å². The lowest BCUT2D eigenvalue weighted by molar-refractivity contribution is 0.476. The zero-order valence-electron chi connectivity index (χ0n) is 9.34. The van der Waals surface area contributed by atoms with E-state index in [1.807, 2.05) is 24.3 Å². The van der Waals surface area contributed by atoms with E-state index in [1.165, 1.54) is 6.33 Å². The largest absolute Gasteiger partial charge is 0.508 e. The van der Waals surface area contributed by atoms with Crippen molar-refractivity contribution < 1.29 is 5.11 Å². The molecule has 0 saturated heterocycles. The van der Waals surface area contributed by atoms with E-state index in [-0.39, 0.29) is 5.75 Å². The summed E-state index contributed by atoms with van der Waals surface area (Å²) in [5.41, 5.74) is 2.56. The van der Waals surface area contributed by atoms with E-state index < -0.39 is 0 Å². The number of nitrogens with zero attached hydrogens (tertiary/aromatic N) is 2.